The van der Waals surface area contributed by atoms with E-state index in [1.165, 1.54) is 0 Å². The van der Waals surface area contributed by atoms with E-state index in [0.29, 0.717) is 0 Å². The average Bonchev–Trinajstić information content (AvgIpc) is 1.37. The quantitative estimate of drug-likeness (QED) is 0.335. The molecular weight excluding hydrogens is 76.1 g/mol. The van der Waals surface area contributed by atoms with Gasteiger partial charge in [-0.15, -0.1) is 0 Å². The predicted octanol–water partition coefficient (Wildman–Crippen LogP) is -0.636. The van der Waals surface area contributed by atoms with E-state index in [2.05, 4.69) is 0 Å². The fraction of sp³-hybridized carbons (Fsp3) is 1.00. The lowest BCUT2D eigenvalue weighted by Crippen LogP contribution is -1.67. The van der Waals surface area contributed by atoms with Crippen LogP contribution < -0.4 is 0 Å². The van der Waals surface area contributed by atoms with Gasteiger partial charge in [0.15, 0.2) is 0 Å². The third kappa shape index (κ3) is 1.98. The molecule has 0 amide bonds. The second-order valence-corrected chi connectivity index (χ2v) is 0.741. The molecule has 0 aromatic heterocycles. The Labute approximate surface area is 27.9 Å². The molecule has 0 spiro atoms. The zero-order valence-electron chi connectivity index (χ0n) is 1.97. The molecule has 0 rings (SSSR count). The Morgan fingerprint density at radius 3 is 2.25 bits per heavy atom. The molecule has 0 fully saturated rings. The van der Waals surface area contributed by atoms with Gasteiger partial charge in [-0.25, -0.2) is 0 Å². The highest BCUT2D eigenvalue weighted by Gasteiger charge is 1.79. The molecular formula is CH3O2S+. The molecule has 0 aromatic rings. The van der Waals surface area contributed by atoms with Crippen molar-refractivity contribution in [1.29, 1.82) is 0 Å². The largest absolute Gasteiger partial charge is 0.489 e. The van der Waals surface area contributed by atoms with E-state index in [0.717, 1.165) is 0 Å². The molecule has 0 aromatic carbocycles. The first-order valence-electron chi connectivity index (χ1n) is 0.772. The molecule has 4 heavy (non-hydrogen) atoms. The molecule has 0 aliphatic rings. The SMILES string of the molecule is O=[S+]CO. The Balaban J connectivity index is 2.30. The first kappa shape index (κ1) is 3.98. The van der Waals surface area contributed by atoms with Crippen molar-refractivity contribution in [2.75, 3.05) is 5.94 Å². The lowest BCUT2D eigenvalue weighted by atomic mass is 11.7. The summed E-state index contributed by atoms with van der Waals surface area (Å²) in [5.41, 5.74) is 0. The van der Waals surface area contributed by atoms with Crippen LogP contribution in [0.5, 0.6) is 0 Å². The Bertz CT molecular complexity index is 20.0. The van der Waals surface area contributed by atoms with Crippen LogP contribution in [0.3, 0.4) is 0 Å². The van der Waals surface area contributed by atoms with Crippen molar-refractivity contribution in [3.63, 3.8) is 0 Å². The molecule has 0 radical (unpaired) electrons. The number of aliphatic hydroxyl groups is 1. The molecule has 0 atom stereocenters. The van der Waals surface area contributed by atoms with Gasteiger partial charge in [-0.3, -0.25) is 0 Å². The Hall–Kier alpha value is -0.0200. The van der Waals surface area contributed by atoms with Gasteiger partial charge in [-0.2, -0.15) is 0 Å². The molecule has 0 aliphatic heterocycles. The molecule has 0 saturated heterocycles. The van der Waals surface area contributed by atoms with E-state index in [9.17, 15) is 0 Å². The maximum Gasteiger partial charge on any atom is 0.489 e. The predicted molar refractivity (Wildman–Crippen MR) is 15.1 cm³/mol. The smallest absolute Gasteiger partial charge is 0.341 e. The van der Waals surface area contributed by atoms with Crippen LogP contribution in [0.25, 0.3) is 0 Å². The topological polar surface area (TPSA) is 37.3 Å². The highest BCUT2D eigenvalue weighted by molar-refractivity contribution is 7.65. The van der Waals surface area contributed by atoms with E-state index in [1.54, 1.807) is 0 Å². The minimum atomic E-state index is -0.319. The van der Waals surface area contributed by atoms with Crippen molar-refractivity contribution in [3.05, 3.63) is 0 Å². The van der Waals surface area contributed by atoms with Crippen molar-refractivity contribution < 1.29 is 9.32 Å². The zero-order valence-corrected chi connectivity index (χ0v) is 2.79. The van der Waals surface area contributed by atoms with E-state index in [4.69, 9.17) is 9.32 Å². The van der Waals surface area contributed by atoms with Gasteiger partial charge in [0.05, 0.1) is 0 Å². The molecule has 0 heterocycles. The van der Waals surface area contributed by atoms with Gasteiger partial charge in [0.25, 0.3) is 0 Å². The fourth-order valence-electron chi connectivity index (χ4n) is 0. The van der Waals surface area contributed by atoms with E-state index in [1.807, 2.05) is 0 Å². The van der Waals surface area contributed by atoms with Crippen LogP contribution in [0.2, 0.25) is 0 Å². The van der Waals surface area contributed by atoms with Crippen LogP contribution in [0.1, 0.15) is 0 Å². The summed E-state index contributed by atoms with van der Waals surface area (Å²) in [5, 5.41) is 7.53. The van der Waals surface area contributed by atoms with E-state index < -0.39 is 0 Å². The van der Waals surface area contributed by atoms with Gasteiger partial charge in [0, 0.05) is 4.21 Å². The highest BCUT2D eigenvalue weighted by Crippen LogP contribution is 1.37. The van der Waals surface area contributed by atoms with Crippen molar-refractivity contribution in [1.82, 2.24) is 0 Å². The maximum atomic E-state index is 8.97. The highest BCUT2D eigenvalue weighted by atomic mass is 32.1. The summed E-state index contributed by atoms with van der Waals surface area (Å²) in [6.45, 7) is 0. The zero-order chi connectivity index (χ0) is 3.41. The summed E-state index contributed by atoms with van der Waals surface area (Å²) in [7, 11) is 0. The summed E-state index contributed by atoms with van der Waals surface area (Å²) in [6, 6.07) is 0. The van der Waals surface area contributed by atoms with Gasteiger partial charge >= 0.3 is 17.6 Å². The molecule has 0 unspecified atom stereocenters. The van der Waals surface area contributed by atoms with Crippen molar-refractivity contribution >= 4 is 11.7 Å². The van der Waals surface area contributed by atoms with Crippen molar-refractivity contribution in [3.8, 4) is 0 Å². The van der Waals surface area contributed by atoms with Crippen LogP contribution in [0.4, 0.5) is 0 Å². The monoisotopic (exact) mass is 79.0 g/mol. The summed E-state index contributed by atoms with van der Waals surface area (Å²) < 4.78 is 8.97. The van der Waals surface area contributed by atoms with Gasteiger partial charge in [-0.1, -0.05) is 0 Å². The van der Waals surface area contributed by atoms with Crippen LogP contribution in [0, 0.1) is 0 Å². The van der Waals surface area contributed by atoms with E-state index in [-0.39, 0.29) is 17.6 Å². The van der Waals surface area contributed by atoms with Gasteiger partial charge < -0.3 is 5.11 Å². The van der Waals surface area contributed by atoms with Crippen LogP contribution in [-0.2, 0) is 15.9 Å². The number of hydrogen-bond donors (Lipinski definition) is 1. The normalized spacial score (nSPS) is 6.25. The third-order valence-electron chi connectivity index (χ3n) is 0.0527. The first-order valence-corrected chi connectivity index (χ1v) is 1.68. The summed E-state index contributed by atoms with van der Waals surface area (Å²) in [4.78, 5) is 0. The van der Waals surface area contributed by atoms with Crippen molar-refractivity contribution in [2.24, 2.45) is 0 Å². The third-order valence-corrected chi connectivity index (χ3v) is 0.158. The first-order chi connectivity index (χ1) is 1.91. The average molecular weight is 79.1 g/mol. The lowest BCUT2D eigenvalue weighted by Gasteiger charge is -1.35. The van der Waals surface area contributed by atoms with Gasteiger partial charge in [0.1, 0.15) is 0 Å². The van der Waals surface area contributed by atoms with Crippen LogP contribution in [-0.4, -0.2) is 11.0 Å². The second-order valence-electron chi connectivity index (χ2n) is 0.247. The van der Waals surface area contributed by atoms with Crippen LogP contribution in [0.15, 0.2) is 0 Å². The minimum absolute atomic E-state index is 0.162. The maximum absolute atomic E-state index is 8.97. The van der Waals surface area contributed by atoms with Crippen molar-refractivity contribution in [2.45, 2.75) is 0 Å². The molecule has 1 N–H and O–H groups in total. The number of aliphatic hydroxyl groups excluding tert-OH is 1. The Morgan fingerprint density at radius 2 is 2.25 bits per heavy atom. The molecule has 2 nitrogen and oxygen atoms in total. The number of rotatable bonds is 1. The fourth-order valence-corrected chi connectivity index (χ4v) is 0. The summed E-state index contributed by atoms with van der Waals surface area (Å²) in [5.74, 6) is -0.319. The Kier molecular flexibility index (Phi) is 2.97. The molecule has 0 saturated carbocycles. The minimum Gasteiger partial charge on any atom is -0.341 e. The molecule has 0 aliphatic carbocycles. The standard InChI is InChI=1S/CH3O2S/c2-1-4-3/h2H,1H2/q+1. The Morgan fingerprint density at radius 1 is 2.00 bits per heavy atom. The number of hydrogen-bond acceptors (Lipinski definition) is 2. The molecule has 24 valence electrons. The summed E-state index contributed by atoms with van der Waals surface area (Å²) in [6.07, 6.45) is 0. The lowest BCUT2D eigenvalue weighted by molar-refractivity contribution is 0.369. The molecule has 0 bridgehead atoms. The summed E-state index contributed by atoms with van der Waals surface area (Å²) >= 11 is 0.162. The van der Waals surface area contributed by atoms with Crippen LogP contribution >= 0.6 is 0 Å². The van der Waals surface area contributed by atoms with E-state index >= 15 is 0 Å². The van der Waals surface area contributed by atoms with Gasteiger partial charge in [0.2, 0.25) is 0 Å². The van der Waals surface area contributed by atoms with Gasteiger partial charge in [-0.05, 0) is 0 Å². The molecule has 3 heteroatoms. The second kappa shape index (κ2) is 2.98.